The zero-order valence-electron chi connectivity index (χ0n) is 16.1. The molecule has 4 rings (SSSR count). The second-order valence-electron chi connectivity index (χ2n) is 7.88. The molecule has 0 amide bonds. The van der Waals surface area contributed by atoms with E-state index in [0.717, 1.165) is 19.3 Å². The number of hydrogen-bond donors (Lipinski definition) is 0. The molecular formula is C23H30ClNO. The van der Waals surface area contributed by atoms with Crippen LogP contribution in [-0.2, 0) is 15.9 Å². The molecule has 26 heavy (non-hydrogen) atoms. The lowest BCUT2D eigenvalue weighted by Crippen LogP contribution is -2.41. The van der Waals surface area contributed by atoms with E-state index in [1.54, 1.807) is 0 Å². The first-order valence-electron chi connectivity index (χ1n) is 9.63. The summed E-state index contributed by atoms with van der Waals surface area (Å²) < 4.78 is 7.09. The maximum Gasteiger partial charge on any atom is 0.119 e. The number of fused-ring (bicyclic) bond motifs is 2. The van der Waals surface area contributed by atoms with Crippen LogP contribution < -0.4 is 0 Å². The van der Waals surface area contributed by atoms with Crippen molar-refractivity contribution in [2.45, 2.75) is 56.3 Å². The van der Waals surface area contributed by atoms with E-state index in [-0.39, 0.29) is 23.6 Å². The van der Waals surface area contributed by atoms with Gasteiger partial charge in [0, 0.05) is 6.04 Å². The second kappa shape index (κ2) is 7.34. The van der Waals surface area contributed by atoms with Gasteiger partial charge in [-0.1, -0.05) is 61.5 Å². The zero-order valence-corrected chi connectivity index (χ0v) is 16.9. The Labute approximate surface area is 164 Å². The lowest BCUT2D eigenvalue weighted by Gasteiger charge is -2.42. The highest BCUT2D eigenvalue weighted by molar-refractivity contribution is 5.85. The zero-order chi connectivity index (χ0) is 17.5. The van der Waals surface area contributed by atoms with Gasteiger partial charge in [0.1, 0.15) is 5.60 Å². The Balaban J connectivity index is 0.00000196. The molecular weight excluding hydrogens is 342 g/mol. The molecule has 1 atom stereocenters. The lowest BCUT2D eigenvalue weighted by atomic mass is 9.76. The van der Waals surface area contributed by atoms with E-state index in [0.29, 0.717) is 6.04 Å². The first-order valence-corrected chi connectivity index (χ1v) is 9.63. The van der Waals surface area contributed by atoms with Crippen molar-refractivity contribution < 1.29 is 4.74 Å². The van der Waals surface area contributed by atoms with E-state index in [1.807, 2.05) is 0 Å². The number of hydrogen-bond acceptors (Lipinski definition) is 2. The average molecular weight is 372 g/mol. The Bertz CT molecular complexity index is 737. The van der Waals surface area contributed by atoms with Gasteiger partial charge in [0.2, 0.25) is 0 Å². The number of rotatable bonds is 3. The van der Waals surface area contributed by atoms with Crippen LogP contribution in [0.25, 0.3) is 0 Å². The minimum absolute atomic E-state index is 0. The van der Waals surface area contributed by atoms with Crippen molar-refractivity contribution in [3.63, 3.8) is 0 Å². The van der Waals surface area contributed by atoms with Gasteiger partial charge in [-0.15, -0.1) is 12.4 Å². The third-order valence-electron chi connectivity index (χ3n) is 6.45. The van der Waals surface area contributed by atoms with Crippen molar-refractivity contribution in [3.05, 3.63) is 71.3 Å². The Morgan fingerprint density at radius 3 is 2.08 bits per heavy atom. The molecule has 2 aromatic carbocycles. The van der Waals surface area contributed by atoms with Gasteiger partial charge in [0.05, 0.1) is 5.60 Å². The van der Waals surface area contributed by atoms with Gasteiger partial charge in [-0.25, -0.2) is 0 Å². The van der Waals surface area contributed by atoms with Crippen LogP contribution in [-0.4, -0.2) is 25.0 Å². The first kappa shape index (κ1) is 19.4. The fraction of sp³-hybridized carbons (Fsp3) is 0.478. The van der Waals surface area contributed by atoms with E-state index >= 15 is 0 Å². The van der Waals surface area contributed by atoms with Crippen LogP contribution in [0, 0.1) is 0 Å². The van der Waals surface area contributed by atoms with Crippen molar-refractivity contribution in [1.82, 2.24) is 4.90 Å². The largest absolute Gasteiger partial charge is 0.354 e. The Hall–Kier alpha value is -1.35. The number of nitrogens with zero attached hydrogens (tertiary/aromatic N) is 1. The van der Waals surface area contributed by atoms with Gasteiger partial charge in [0.25, 0.3) is 0 Å². The molecule has 1 unspecified atom stereocenters. The van der Waals surface area contributed by atoms with E-state index in [4.69, 9.17) is 4.74 Å². The van der Waals surface area contributed by atoms with Gasteiger partial charge in [-0.05, 0) is 62.9 Å². The van der Waals surface area contributed by atoms with Gasteiger partial charge in [-0.3, -0.25) is 0 Å². The molecule has 1 aliphatic heterocycles. The smallest absolute Gasteiger partial charge is 0.119 e. The summed E-state index contributed by atoms with van der Waals surface area (Å²) in [5, 5.41) is 0. The van der Waals surface area contributed by atoms with Crippen LogP contribution in [0.3, 0.4) is 0 Å². The Morgan fingerprint density at radius 1 is 0.923 bits per heavy atom. The molecule has 2 nitrogen and oxygen atoms in total. The number of halogens is 1. The maximum atomic E-state index is 7.09. The molecule has 1 saturated carbocycles. The standard InChI is InChI=1S/C23H29NO.ClH/c1-4-23(18-10-6-5-7-11-18)21-13-9-8-12-20(21)22(25-23)16-14-19(15-17-22)24(2)3;/h5-13,19H,4,14-17H2,1-3H3;1H. The molecule has 1 heterocycles. The minimum atomic E-state index is -0.303. The highest BCUT2D eigenvalue weighted by atomic mass is 35.5. The van der Waals surface area contributed by atoms with Crippen molar-refractivity contribution in [2.24, 2.45) is 0 Å². The van der Waals surface area contributed by atoms with Gasteiger partial charge in [0.15, 0.2) is 0 Å². The molecule has 0 bridgehead atoms. The van der Waals surface area contributed by atoms with Crippen LogP contribution in [0.4, 0.5) is 0 Å². The van der Waals surface area contributed by atoms with E-state index in [9.17, 15) is 0 Å². The van der Waals surface area contributed by atoms with Crippen LogP contribution in [0.5, 0.6) is 0 Å². The summed E-state index contributed by atoms with van der Waals surface area (Å²) in [7, 11) is 4.40. The highest BCUT2D eigenvalue weighted by Gasteiger charge is 2.54. The first-order chi connectivity index (χ1) is 12.1. The second-order valence-corrected chi connectivity index (χ2v) is 7.88. The van der Waals surface area contributed by atoms with Crippen LogP contribution in [0.2, 0.25) is 0 Å². The van der Waals surface area contributed by atoms with E-state index < -0.39 is 0 Å². The lowest BCUT2D eigenvalue weighted by molar-refractivity contribution is -0.146. The molecule has 0 N–H and O–H groups in total. The molecule has 140 valence electrons. The van der Waals surface area contributed by atoms with E-state index in [2.05, 4.69) is 80.5 Å². The molecule has 1 fully saturated rings. The summed E-state index contributed by atoms with van der Waals surface area (Å²) >= 11 is 0. The predicted octanol–water partition coefficient (Wildman–Crippen LogP) is 5.49. The number of ether oxygens (including phenoxy) is 1. The number of benzene rings is 2. The van der Waals surface area contributed by atoms with Crippen molar-refractivity contribution >= 4 is 12.4 Å². The highest BCUT2D eigenvalue weighted by Crippen LogP contribution is 2.57. The van der Waals surface area contributed by atoms with E-state index in [1.165, 1.54) is 29.5 Å². The maximum absolute atomic E-state index is 7.09. The Morgan fingerprint density at radius 2 is 1.50 bits per heavy atom. The molecule has 2 aromatic rings. The summed E-state index contributed by atoms with van der Waals surface area (Å²) in [4.78, 5) is 2.37. The summed E-state index contributed by atoms with van der Waals surface area (Å²) in [6.07, 6.45) is 5.60. The fourth-order valence-electron chi connectivity index (χ4n) is 5.02. The summed E-state index contributed by atoms with van der Waals surface area (Å²) in [5.41, 5.74) is 3.68. The van der Waals surface area contributed by atoms with Gasteiger partial charge >= 0.3 is 0 Å². The van der Waals surface area contributed by atoms with Gasteiger partial charge < -0.3 is 9.64 Å². The molecule has 0 aromatic heterocycles. The third kappa shape index (κ3) is 2.89. The molecule has 3 heteroatoms. The van der Waals surface area contributed by atoms with Crippen molar-refractivity contribution in [3.8, 4) is 0 Å². The SMILES string of the molecule is CCC1(c2ccccc2)OC2(CCC(N(C)C)CC2)c2ccccc21.Cl. The molecule has 2 aliphatic rings. The Kier molecular flexibility index (Phi) is 5.48. The van der Waals surface area contributed by atoms with Crippen LogP contribution in [0.1, 0.15) is 55.7 Å². The molecule has 0 radical (unpaired) electrons. The summed E-state index contributed by atoms with van der Waals surface area (Å²) in [6.45, 7) is 2.26. The van der Waals surface area contributed by atoms with Crippen molar-refractivity contribution in [2.75, 3.05) is 14.1 Å². The quantitative estimate of drug-likeness (QED) is 0.707. The molecule has 0 saturated heterocycles. The monoisotopic (exact) mass is 371 g/mol. The van der Waals surface area contributed by atoms with Crippen molar-refractivity contribution in [1.29, 1.82) is 0 Å². The molecule has 1 spiro atoms. The minimum Gasteiger partial charge on any atom is -0.354 e. The van der Waals surface area contributed by atoms with Crippen LogP contribution in [0.15, 0.2) is 54.6 Å². The van der Waals surface area contributed by atoms with Crippen LogP contribution >= 0.6 is 12.4 Å². The fourth-order valence-corrected chi connectivity index (χ4v) is 5.02. The predicted molar refractivity (Wildman–Crippen MR) is 110 cm³/mol. The average Bonchev–Trinajstić information content (AvgIpc) is 2.94. The summed E-state index contributed by atoms with van der Waals surface area (Å²) in [5.74, 6) is 0. The summed E-state index contributed by atoms with van der Waals surface area (Å²) in [6, 6.07) is 20.4. The topological polar surface area (TPSA) is 12.5 Å². The third-order valence-corrected chi connectivity index (χ3v) is 6.45. The normalized spacial score (nSPS) is 30.2. The molecule has 1 aliphatic carbocycles. The van der Waals surface area contributed by atoms with Gasteiger partial charge in [-0.2, -0.15) is 0 Å².